The van der Waals surface area contributed by atoms with E-state index in [4.69, 9.17) is 17.3 Å². The Balaban J connectivity index is 1.78. The Morgan fingerprint density at radius 3 is 2.68 bits per heavy atom. The SMILES string of the molecule is NC(=O)CN(C(=O)C=Cc1ccc2ccc(Cl)cc2n1)C1CCCC1. The number of hydrogen-bond acceptors (Lipinski definition) is 3. The number of pyridine rings is 1. The predicted octanol–water partition coefficient (Wildman–Crippen LogP) is 3.16. The summed E-state index contributed by atoms with van der Waals surface area (Å²) in [5.41, 5.74) is 6.73. The van der Waals surface area contributed by atoms with Crippen LogP contribution >= 0.6 is 11.6 Å². The van der Waals surface area contributed by atoms with Gasteiger partial charge in [-0.3, -0.25) is 9.59 Å². The Morgan fingerprint density at radius 2 is 1.96 bits per heavy atom. The smallest absolute Gasteiger partial charge is 0.247 e. The van der Waals surface area contributed by atoms with Crippen LogP contribution in [0.3, 0.4) is 0 Å². The minimum atomic E-state index is -0.493. The van der Waals surface area contributed by atoms with Gasteiger partial charge in [-0.25, -0.2) is 4.98 Å². The number of aromatic nitrogens is 1. The third-order valence-corrected chi connectivity index (χ3v) is 4.68. The number of amides is 2. The molecule has 25 heavy (non-hydrogen) atoms. The summed E-state index contributed by atoms with van der Waals surface area (Å²) in [6.07, 6.45) is 7.10. The van der Waals surface area contributed by atoms with Crippen molar-refractivity contribution in [3.63, 3.8) is 0 Å². The molecule has 0 aliphatic heterocycles. The molecule has 1 aromatic carbocycles. The molecule has 2 N–H and O–H groups in total. The lowest BCUT2D eigenvalue weighted by atomic mass is 10.2. The molecule has 5 nitrogen and oxygen atoms in total. The molecule has 1 aliphatic rings. The molecule has 1 heterocycles. The molecule has 2 amide bonds. The number of benzene rings is 1. The Bertz CT molecular complexity index is 829. The minimum Gasteiger partial charge on any atom is -0.368 e. The van der Waals surface area contributed by atoms with Gasteiger partial charge in [0.2, 0.25) is 11.8 Å². The van der Waals surface area contributed by atoms with Gasteiger partial charge in [-0.15, -0.1) is 0 Å². The van der Waals surface area contributed by atoms with Crippen LogP contribution in [-0.2, 0) is 9.59 Å². The van der Waals surface area contributed by atoms with Crippen LogP contribution in [0.1, 0.15) is 31.4 Å². The standard InChI is InChI=1S/C19H20ClN3O2/c20-14-7-5-13-6-8-15(22-17(13)11-14)9-10-19(25)23(12-18(21)24)16-3-1-2-4-16/h5-11,16H,1-4,12H2,(H2,21,24). The molecule has 0 saturated heterocycles. The summed E-state index contributed by atoms with van der Waals surface area (Å²) in [5, 5.41) is 1.60. The number of primary amides is 1. The van der Waals surface area contributed by atoms with Gasteiger partial charge >= 0.3 is 0 Å². The summed E-state index contributed by atoms with van der Waals surface area (Å²) < 4.78 is 0. The minimum absolute atomic E-state index is 0.0470. The van der Waals surface area contributed by atoms with Crippen LogP contribution in [-0.4, -0.2) is 34.3 Å². The molecule has 3 rings (SSSR count). The molecular weight excluding hydrogens is 338 g/mol. The van der Waals surface area contributed by atoms with Crippen molar-refractivity contribution in [1.82, 2.24) is 9.88 Å². The van der Waals surface area contributed by atoms with Gasteiger partial charge in [0, 0.05) is 22.5 Å². The van der Waals surface area contributed by atoms with Crippen LogP contribution in [0.25, 0.3) is 17.0 Å². The van der Waals surface area contributed by atoms with E-state index in [0.717, 1.165) is 36.6 Å². The molecule has 0 bridgehead atoms. The van der Waals surface area contributed by atoms with Crippen molar-refractivity contribution in [1.29, 1.82) is 0 Å². The maximum absolute atomic E-state index is 12.5. The lowest BCUT2D eigenvalue weighted by Gasteiger charge is -2.26. The summed E-state index contributed by atoms with van der Waals surface area (Å²) in [4.78, 5) is 29.9. The molecule has 130 valence electrons. The van der Waals surface area contributed by atoms with Crippen LogP contribution in [0, 0.1) is 0 Å². The number of nitrogens with two attached hydrogens (primary N) is 1. The zero-order valence-electron chi connectivity index (χ0n) is 13.8. The zero-order valence-corrected chi connectivity index (χ0v) is 14.6. The van der Waals surface area contributed by atoms with Crippen LogP contribution in [0.2, 0.25) is 5.02 Å². The Hall–Kier alpha value is -2.40. The Morgan fingerprint density at radius 1 is 1.24 bits per heavy atom. The van der Waals surface area contributed by atoms with Gasteiger partial charge in [0.05, 0.1) is 17.8 Å². The second-order valence-electron chi connectivity index (χ2n) is 6.28. The second kappa shape index (κ2) is 7.66. The van der Waals surface area contributed by atoms with Crippen molar-refractivity contribution in [3.8, 4) is 0 Å². The number of fused-ring (bicyclic) bond motifs is 1. The van der Waals surface area contributed by atoms with Crippen molar-refractivity contribution < 1.29 is 9.59 Å². The van der Waals surface area contributed by atoms with E-state index in [1.807, 2.05) is 24.3 Å². The van der Waals surface area contributed by atoms with E-state index in [1.54, 1.807) is 17.0 Å². The van der Waals surface area contributed by atoms with Gasteiger partial charge < -0.3 is 10.6 Å². The van der Waals surface area contributed by atoms with Crippen LogP contribution < -0.4 is 5.73 Å². The molecule has 6 heteroatoms. The van der Waals surface area contributed by atoms with E-state index >= 15 is 0 Å². The molecule has 0 spiro atoms. The van der Waals surface area contributed by atoms with Crippen LogP contribution in [0.5, 0.6) is 0 Å². The topological polar surface area (TPSA) is 76.3 Å². The maximum Gasteiger partial charge on any atom is 0.247 e. The highest BCUT2D eigenvalue weighted by Gasteiger charge is 2.26. The van der Waals surface area contributed by atoms with E-state index in [-0.39, 0.29) is 18.5 Å². The van der Waals surface area contributed by atoms with E-state index in [2.05, 4.69) is 4.98 Å². The summed E-state index contributed by atoms with van der Waals surface area (Å²) in [6.45, 7) is -0.0470. The first-order valence-corrected chi connectivity index (χ1v) is 8.74. The number of carbonyl (C=O) groups is 2. The van der Waals surface area contributed by atoms with Gasteiger partial charge in [-0.05, 0) is 37.1 Å². The fraction of sp³-hybridized carbons (Fsp3) is 0.316. The van der Waals surface area contributed by atoms with E-state index in [1.165, 1.54) is 6.08 Å². The second-order valence-corrected chi connectivity index (χ2v) is 6.71. The molecule has 1 fully saturated rings. The predicted molar refractivity (Wildman–Crippen MR) is 99.0 cm³/mol. The van der Waals surface area contributed by atoms with Crippen molar-refractivity contribution in [2.24, 2.45) is 5.73 Å². The molecule has 0 radical (unpaired) electrons. The summed E-state index contributed by atoms with van der Waals surface area (Å²) in [6, 6.07) is 9.36. The monoisotopic (exact) mass is 357 g/mol. The number of rotatable bonds is 5. The molecule has 0 unspecified atom stereocenters. The number of hydrogen-bond donors (Lipinski definition) is 1. The van der Waals surface area contributed by atoms with Gasteiger partial charge in [-0.1, -0.05) is 36.6 Å². The van der Waals surface area contributed by atoms with Crippen molar-refractivity contribution >= 4 is 40.4 Å². The van der Waals surface area contributed by atoms with Crippen LogP contribution in [0.4, 0.5) is 0 Å². The third-order valence-electron chi connectivity index (χ3n) is 4.45. The van der Waals surface area contributed by atoms with Crippen LogP contribution in [0.15, 0.2) is 36.4 Å². The van der Waals surface area contributed by atoms with E-state index in [0.29, 0.717) is 10.7 Å². The number of nitrogens with zero attached hydrogens (tertiary/aromatic N) is 2. The number of carbonyl (C=O) groups excluding carboxylic acids is 2. The van der Waals surface area contributed by atoms with Gasteiger partial charge in [0.15, 0.2) is 0 Å². The van der Waals surface area contributed by atoms with Crippen molar-refractivity contribution in [2.75, 3.05) is 6.54 Å². The van der Waals surface area contributed by atoms with Crippen molar-refractivity contribution in [3.05, 3.63) is 47.1 Å². The highest BCUT2D eigenvalue weighted by molar-refractivity contribution is 6.31. The fourth-order valence-electron chi connectivity index (χ4n) is 3.22. The quantitative estimate of drug-likeness (QED) is 0.835. The highest BCUT2D eigenvalue weighted by Crippen LogP contribution is 2.24. The average Bonchev–Trinajstić information content (AvgIpc) is 3.11. The molecule has 1 saturated carbocycles. The van der Waals surface area contributed by atoms with Gasteiger partial charge in [0.25, 0.3) is 0 Å². The Labute approximate surface area is 151 Å². The molecule has 0 atom stereocenters. The summed E-state index contributed by atoms with van der Waals surface area (Å²) in [7, 11) is 0. The average molecular weight is 358 g/mol. The highest BCUT2D eigenvalue weighted by atomic mass is 35.5. The first-order valence-electron chi connectivity index (χ1n) is 8.36. The van der Waals surface area contributed by atoms with E-state index < -0.39 is 5.91 Å². The summed E-state index contributed by atoms with van der Waals surface area (Å²) >= 11 is 6.00. The molecular formula is C19H20ClN3O2. The maximum atomic E-state index is 12.5. The first kappa shape index (κ1) is 17.4. The molecule has 1 aromatic heterocycles. The number of halogens is 1. The Kier molecular flexibility index (Phi) is 5.34. The fourth-order valence-corrected chi connectivity index (χ4v) is 3.39. The third kappa shape index (κ3) is 4.37. The lowest BCUT2D eigenvalue weighted by molar-refractivity contribution is -0.133. The largest absolute Gasteiger partial charge is 0.368 e. The first-order chi connectivity index (χ1) is 12.0. The van der Waals surface area contributed by atoms with E-state index in [9.17, 15) is 9.59 Å². The molecule has 2 aromatic rings. The molecule has 1 aliphatic carbocycles. The zero-order chi connectivity index (χ0) is 17.8. The summed E-state index contributed by atoms with van der Waals surface area (Å²) in [5.74, 6) is -0.703. The van der Waals surface area contributed by atoms with Crippen molar-refractivity contribution in [2.45, 2.75) is 31.7 Å². The lowest BCUT2D eigenvalue weighted by Crippen LogP contribution is -2.43. The van der Waals surface area contributed by atoms with Gasteiger partial charge in [0.1, 0.15) is 0 Å². The normalized spacial score (nSPS) is 15.1. The van der Waals surface area contributed by atoms with Gasteiger partial charge in [-0.2, -0.15) is 0 Å².